The molecule has 0 unspecified atom stereocenters. The maximum atomic E-state index is 13.7. The summed E-state index contributed by atoms with van der Waals surface area (Å²) >= 11 is 17.9. The van der Waals surface area contributed by atoms with Crippen LogP contribution in [0.4, 0.5) is 11.4 Å². The first-order chi connectivity index (χ1) is 17.7. The van der Waals surface area contributed by atoms with Crippen LogP contribution in [0.25, 0.3) is 17.4 Å². The maximum Gasteiger partial charge on any atom is 0.270 e. The highest BCUT2D eigenvalue weighted by Crippen LogP contribution is 2.33. The van der Waals surface area contributed by atoms with E-state index in [1.54, 1.807) is 42.5 Å². The second kappa shape index (κ2) is 9.98. The molecule has 4 aromatic rings. The molecule has 0 aliphatic carbocycles. The van der Waals surface area contributed by atoms with Crippen LogP contribution in [0.3, 0.4) is 0 Å². The largest absolute Gasteiger partial charge is 0.457 e. The zero-order valence-corrected chi connectivity index (χ0v) is 22.2. The molecule has 2 amide bonds. The van der Waals surface area contributed by atoms with E-state index in [-0.39, 0.29) is 10.7 Å². The van der Waals surface area contributed by atoms with Crippen molar-refractivity contribution in [2.75, 3.05) is 9.80 Å². The number of hydrogen-bond donors (Lipinski definition) is 0. The first-order valence-electron chi connectivity index (χ1n) is 11.4. The Bertz CT molecular complexity index is 1590. The van der Waals surface area contributed by atoms with E-state index in [1.165, 1.54) is 15.9 Å². The number of aryl methyl sites for hydroxylation is 2. The first-order valence-corrected chi connectivity index (χ1v) is 12.5. The molecule has 0 N–H and O–H groups in total. The average Bonchev–Trinajstić information content (AvgIpc) is 3.35. The standard InChI is InChI=1S/C29H20Cl2N2O3S/c1-17-8-10-21(14-18(17)2)33-28(35)23(27(34)32(29(33)37)20-6-4-3-5-7-20)16-22-11-13-26(36-22)19-9-12-24(30)25(31)15-19/h3-16H,1-2H3/b23-16+. The molecule has 1 aliphatic rings. The fourth-order valence-corrected chi connectivity index (χ4v) is 4.68. The predicted molar refractivity (Wildman–Crippen MR) is 152 cm³/mol. The minimum atomic E-state index is -0.534. The average molecular weight is 547 g/mol. The Kier molecular flexibility index (Phi) is 6.73. The molecule has 0 radical (unpaired) electrons. The SMILES string of the molecule is Cc1ccc(N2C(=O)/C(=C/c3ccc(-c4ccc(Cl)c(Cl)c4)o3)C(=O)N(c3ccccc3)C2=S)cc1C. The summed E-state index contributed by atoms with van der Waals surface area (Å²) in [5.41, 5.74) is 3.85. The number of carbonyl (C=O) groups is 2. The lowest BCUT2D eigenvalue weighted by Crippen LogP contribution is -2.57. The quantitative estimate of drug-likeness (QED) is 0.150. The smallest absolute Gasteiger partial charge is 0.270 e. The summed E-state index contributed by atoms with van der Waals surface area (Å²) in [6.07, 6.45) is 1.44. The molecular weight excluding hydrogens is 527 g/mol. The van der Waals surface area contributed by atoms with Crippen LogP contribution in [-0.4, -0.2) is 16.9 Å². The van der Waals surface area contributed by atoms with Crippen LogP contribution in [0, 0.1) is 13.8 Å². The van der Waals surface area contributed by atoms with Crippen LogP contribution < -0.4 is 9.80 Å². The van der Waals surface area contributed by atoms with Crippen LogP contribution in [-0.2, 0) is 9.59 Å². The molecule has 3 aromatic carbocycles. The molecule has 5 rings (SSSR count). The Morgan fingerprint density at radius 2 is 1.46 bits per heavy atom. The fraction of sp³-hybridized carbons (Fsp3) is 0.0690. The summed E-state index contributed by atoms with van der Waals surface area (Å²) in [7, 11) is 0. The van der Waals surface area contributed by atoms with Gasteiger partial charge < -0.3 is 4.42 Å². The zero-order valence-electron chi connectivity index (χ0n) is 19.9. The van der Waals surface area contributed by atoms with Gasteiger partial charge in [0.05, 0.1) is 21.4 Å². The van der Waals surface area contributed by atoms with Crippen molar-refractivity contribution in [3.63, 3.8) is 0 Å². The van der Waals surface area contributed by atoms with Crippen LogP contribution in [0.2, 0.25) is 10.0 Å². The van der Waals surface area contributed by atoms with Crippen molar-refractivity contribution < 1.29 is 14.0 Å². The number of amides is 2. The first kappa shape index (κ1) is 25.0. The van der Waals surface area contributed by atoms with Crippen LogP contribution in [0.1, 0.15) is 16.9 Å². The normalized spacial score (nSPS) is 15.1. The Balaban J connectivity index is 1.60. The van der Waals surface area contributed by atoms with E-state index < -0.39 is 11.8 Å². The molecule has 1 aromatic heterocycles. The van der Waals surface area contributed by atoms with Gasteiger partial charge in [0.1, 0.15) is 17.1 Å². The Hall–Kier alpha value is -3.71. The number of furan rings is 1. The summed E-state index contributed by atoms with van der Waals surface area (Å²) in [4.78, 5) is 30.1. The number of para-hydroxylation sites is 1. The third kappa shape index (κ3) is 4.71. The highest BCUT2D eigenvalue weighted by Gasteiger charge is 2.41. The van der Waals surface area contributed by atoms with E-state index in [2.05, 4.69) is 0 Å². The second-order valence-corrected chi connectivity index (χ2v) is 9.74. The molecule has 5 nitrogen and oxygen atoms in total. The summed E-state index contributed by atoms with van der Waals surface area (Å²) in [6.45, 7) is 3.95. The van der Waals surface area contributed by atoms with E-state index in [0.717, 1.165) is 11.1 Å². The molecule has 1 saturated heterocycles. The predicted octanol–water partition coefficient (Wildman–Crippen LogP) is 7.62. The van der Waals surface area contributed by atoms with Gasteiger partial charge in [-0.05, 0) is 97.9 Å². The van der Waals surface area contributed by atoms with Crippen molar-refractivity contribution >= 4 is 69.8 Å². The summed E-state index contributed by atoms with van der Waals surface area (Å²) in [6, 6.07) is 23.2. The molecule has 0 bridgehead atoms. The second-order valence-electron chi connectivity index (χ2n) is 8.56. The van der Waals surface area contributed by atoms with Gasteiger partial charge in [0.2, 0.25) is 0 Å². The van der Waals surface area contributed by atoms with Gasteiger partial charge in [-0.1, -0.05) is 47.5 Å². The van der Waals surface area contributed by atoms with Gasteiger partial charge >= 0.3 is 0 Å². The third-order valence-electron chi connectivity index (χ3n) is 6.13. The van der Waals surface area contributed by atoms with Crippen molar-refractivity contribution in [1.82, 2.24) is 0 Å². The van der Waals surface area contributed by atoms with Crippen LogP contribution >= 0.6 is 35.4 Å². The molecule has 0 spiro atoms. The van der Waals surface area contributed by atoms with Crippen molar-refractivity contribution in [2.24, 2.45) is 0 Å². The number of thiocarbonyl (C=S) groups is 1. The number of carbonyl (C=O) groups excluding carboxylic acids is 2. The number of rotatable bonds is 4. The van der Waals surface area contributed by atoms with Gasteiger partial charge in [0, 0.05) is 5.56 Å². The molecule has 37 heavy (non-hydrogen) atoms. The van der Waals surface area contributed by atoms with Gasteiger partial charge in [-0.25, -0.2) is 0 Å². The number of halogens is 2. The van der Waals surface area contributed by atoms with Gasteiger partial charge in [0.25, 0.3) is 11.8 Å². The van der Waals surface area contributed by atoms with Crippen LogP contribution in [0.15, 0.2) is 88.9 Å². The van der Waals surface area contributed by atoms with Crippen molar-refractivity contribution in [3.05, 3.63) is 111 Å². The highest BCUT2D eigenvalue weighted by molar-refractivity contribution is 7.81. The molecule has 1 fully saturated rings. The molecule has 1 aliphatic heterocycles. The van der Waals surface area contributed by atoms with Crippen molar-refractivity contribution in [3.8, 4) is 11.3 Å². The lowest BCUT2D eigenvalue weighted by molar-refractivity contribution is -0.120. The number of hydrogen-bond acceptors (Lipinski definition) is 4. The van der Waals surface area contributed by atoms with Gasteiger partial charge in [-0.15, -0.1) is 0 Å². The topological polar surface area (TPSA) is 53.8 Å². The number of nitrogens with zero attached hydrogens (tertiary/aromatic N) is 2. The molecule has 184 valence electrons. The van der Waals surface area contributed by atoms with Crippen LogP contribution in [0.5, 0.6) is 0 Å². The maximum absolute atomic E-state index is 13.7. The van der Waals surface area contributed by atoms with Gasteiger partial charge in [-0.2, -0.15) is 0 Å². The Labute approximate surface area is 229 Å². The van der Waals surface area contributed by atoms with Gasteiger partial charge in [0.15, 0.2) is 5.11 Å². The van der Waals surface area contributed by atoms with E-state index in [4.69, 9.17) is 39.8 Å². The Morgan fingerprint density at radius 3 is 2.14 bits per heavy atom. The fourth-order valence-electron chi connectivity index (χ4n) is 4.00. The minimum absolute atomic E-state index is 0.0780. The van der Waals surface area contributed by atoms with E-state index >= 15 is 0 Å². The van der Waals surface area contributed by atoms with Gasteiger partial charge in [-0.3, -0.25) is 19.4 Å². The monoisotopic (exact) mass is 546 g/mol. The summed E-state index contributed by atoms with van der Waals surface area (Å²) in [5.74, 6) is -0.215. The lowest BCUT2D eigenvalue weighted by atomic mass is 10.1. The zero-order chi connectivity index (χ0) is 26.3. The van der Waals surface area contributed by atoms with E-state index in [9.17, 15) is 9.59 Å². The minimum Gasteiger partial charge on any atom is -0.457 e. The summed E-state index contributed by atoms with van der Waals surface area (Å²) in [5, 5.41) is 0.905. The molecule has 8 heteroatoms. The molecule has 0 atom stereocenters. The van der Waals surface area contributed by atoms with E-state index in [1.807, 2.05) is 50.2 Å². The third-order valence-corrected chi connectivity index (χ3v) is 7.23. The Morgan fingerprint density at radius 1 is 0.757 bits per heavy atom. The molecule has 2 heterocycles. The molecule has 0 saturated carbocycles. The lowest BCUT2D eigenvalue weighted by Gasteiger charge is -2.36. The number of anilines is 2. The highest BCUT2D eigenvalue weighted by atomic mass is 35.5. The molecular formula is C29H20Cl2N2O3S. The van der Waals surface area contributed by atoms with Crippen molar-refractivity contribution in [2.45, 2.75) is 13.8 Å². The van der Waals surface area contributed by atoms with Crippen molar-refractivity contribution in [1.29, 1.82) is 0 Å². The number of benzene rings is 3. The summed E-state index contributed by atoms with van der Waals surface area (Å²) < 4.78 is 5.96. The van der Waals surface area contributed by atoms with E-state index in [0.29, 0.717) is 38.5 Å².